The third-order valence-electron chi connectivity index (χ3n) is 3.90. The molecule has 7 heteroatoms. The molecular formula is C16H21N5O2. The van der Waals surface area contributed by atoms with Gasteiger partial charge in [-0.1, -0.05) is 24.4 Å². The normalized spacial score (nSPS) is 15.4. The molecule has 1 aliphatic rings. The summed E-state index contributed by atoms with van der Waals surface area (Å²) < 4.78 is 5.01. The van der Waals surface area contributed by atoms with E-state index >= 15 is 0 Å². The molecule has 0 unspecified atom stereocenters. The number of anilines is 2. The van der Waals surface area contributed by atoms with Gasteiger partial charge in [-0.05, 0) is 26.7 Å². The van der Waals surface area contributed by atoms with Crippen molar-refractivity contribution in [1.29, 1.82) is 0 Å². The molecule has 2 aromatic rings. The maximum atomic E-state index is 12.4. The van der Waals surface area contributed by atoms with E-state index in [1.165, 1.54) is 19.3 Å². The highest BCUT2D eigenvalue weighted by Gasteiger charge is 2.18. The van der Waals surface area contributed by atoms with Crippen LogP contribution in [0.1, 0.15) is 54.2 Å². The summed E-state index contributed by atoms with van der Waals surface area (Å²) in [6.07, 6.45) is 5.68. The number of nitrogens with one attached hydrogen (secondary N) is 2. The molecule has 0 aliphatic heterocycles. The van der Waals surface area contributed by atoms with E-state index in [9.17, 15) is 4.79 Å². The minimum absolute atomic E-state index is 0.151. The number of hydrogen-bond acceptors (Lipinski definition) is 6. The largest absolute Gasteiger partial charge is 0.360 e. The monoisotopic (exact) mass is 315 g/mol. The summed E-state index contributed by atoms with van der Waals surface area (Å²) in [7, 11) is 0. The van der Waals surface area contributed by atoms with Gasteiger partial charge in [0, 0.05) is 18.2 Å². The fourth-order valence-corrected chi connectivity index (χ4v) is 2.81. The molecule has 1 fully saturated rings. The van der Waals surface area contributed by atoms with Gasteiger partial charge in [0.15, 0.2) is 5.82 Å². The highest BCUT2D eigenvalue weighted by molar-refractivity contribution is 5.93. The zero-order valence-corrected chi connectivity index (χ0v) is 13.4. The number of nitrogens with zero attached hydrogens (tertiary/aromatic N) is 3. The van der Waals surface area contributed by atoms with Gasteiger partial charge in [0.05, 0.1) is 0 Å². The minimum atomic E-state index is -0.151. The third kappa shape index (κ3) is 4.06. The fraction of sp³-hybridized carbons (Fsp3) is 0.500. The van der Waals surface area contributed by atoms with Crippen LogP contribution in [0.25, 0.3) is 0 Å². The van der Waals surface area contributed by atoms with Gasteiger partial charge in [0.2, 0.25) is 0 Å². The van der Waals surface area contributed by atoms with Crippen LogP contribution in [0.15, 0.2) is 16.7 Å². The molecule has 2 heterocycles. The quantitative estimate of drug-likeness (QED) is 0.901. The van der Waals surface area contributed by atoms with Crippen LogP contribution in [0.3, 0.4) is 0 Å². The van der Waals surface area contributed by atoms with Gasteiger partial charge in [-0.2, -0.15) is 0 Å². The second kappa shape index (κ2) is 6.76. The molecule has 2 N–H and O–H groups in total. The molecule has 0 saturated heterocycles. The van der Waals surface area contributed by atoms with Crippen LogP contribution in [-0.4, -0.2) is 27.1 Å². The number of carbonyl (C=O) groups is 1. The van der Waals surface area contributed by atoms with E-state index in [1.807, 2.05) is 6.92 Å². The summed E-state index contributed by atoms with van der Waals surface area (Å²) in [5.74, 6) is 2.16. The Labute approximate surface area is 134 Å². The van der Waals surface area contributed by atoms with Gasteiger partial charge < -0.3 is 15.2 Å². The summed E-state index contributed by atoms with van der Waals surface area (Å²) in [6, 6.07) is 3.65. The van der Waals surface area contributed by atoms with Crippen molar-refractivity contribution in [2.75, 3.05) is 5.32 Å². The third-order valence-corrected chi connectivity index (χ3v) is 3.90. The standard InChI is InChI=1S/C16H21N5O2/c1-10-8-15(21-23-10)20-14-9-13(17-11(2)18-14)16(22)19-12-6-4-3-5-7-12/h8-9,12H,3-7H2,1-2H3,(H,19,22)(H,17,18,20,21). The summed E-state index contributed by atoms with van der Waals surface area (Å²) in [6.45, 7) is 3.57. The smallest absolute Gasteiger partial charge is 0.270 e. The van der Waals surface area contributed by atoms with Crippen LogP contribution in [0.5, 0.6) is 0 Å². The Morgan fingerprint density at radius 1 is 1.13 bits per heavy atom. The first-order valence-electron chi connectivity index (χ1n) is 7.97. The first-order chi connectivity index (χ1) is 11.1. The van der Waals surface area contributed by atoms with Crippen LogP contribution < -0.4 is 10.6 Å². The lowest BCUT2D eigenvalue weighted by Gasteiger charge is -2.22. The molecule has 0 bridgehead atoms. The van der Waals surface area contributed by atoms with Crippen molar-refractivity contribution in [2.24, 2.45) is 0 Å². The molecule has 0 aromatic carbocycles. The number of rotatable bonds is 4. The van der Waals surface area contributed by atoms with Gasteiger partial charge in [0.1, 0.15) is 23.1 Å². The molecule has 1 saturated carbocycles. The van der Waals surface area contributed by atoms with Crippen LogP contribution in [0.2, 0.25) is 0 Å². The SMILES string of the molecule is Cc1nc(Nc2cc(C)on2)cc(C(=O)NC2CCCCC2)n1. The van der Waals surface area contributed by atoms with E-state index in [2.05, 4.69) is 25.8 Å². The second-order valence-corrected chi connectivity index (χ2v) is 5.94. The molecule has 1 aliphatic carbocycles. The summed E-state index contributed by atoms with van der Waals surface area (Å²) >= 11 is 0. The van der Waals surface area contributed by atoms with Crippen LogP contribution in [0.4, 0.5) is 11.6 Å². The van der Waals surface area contributed by atoms with Crippen molar-refractivity contribution < 1.29 is 9.32 Å². The van der Waals surface area contributed by atoms with E-state index in [0.29, 0.717) is 28.9 Å². The molecule has 0 spiro atoms. The Morgan fingerprint density at radius 2 is 1.91 bits per heavy atom. The molecule has 3 rings (SSSR count). The molecule has 122 valence electrons. The average Bonchev–Trinajstić information content (AvgIpc) is 2.92. The molecule has 23 heavy (non-hydrogen) atoms. The molecule has 7 nitrogen and oxygen atoms in total. The Hall–Kier alpha value is -2.44. The first-order valence-corrected chi connectivity index (χ1v) is 7.97. The summed E-state index contributed by atoms with van der Waals surface area (Å²) in [5.41, 5.74) is 0.366. The van der Waals surface area contributed by atoms with Gasteiger partial charge in [-0.25, -0.2) is 9.97 Å². The minimum Gasteiger partial charge on any atom is -0.360 e. The van der Waals surface area contributed by atoms with Crippen LogP contribution >= 0.6 is 0 Å². The molecule has 1 amide bonds. The van der Waals surface area contributed by atoms with E-state index in [0.717, 1.165) is 12.8 Å². The van der Waals surface area contributed by atoms with E-state index in [-0.39, 0.29) is 11.9 Å². The molecule has 0 radical (unpaired) electrons. The van der Waals surface area contributed by atoms with Crippen molar-refractivity contribution in [3.63, 3.8) is 0 Å². The Morgan fingerprint density at radius 3 is 2.61 bits per heavy atom. The van der Waals surface area contributed by atoms with Crippen molar-refractivity contribution in [3.8, 4) is 0 Å². The molecule has 0 atom stereocenters. The second-order valence-electron chi connectivity index (χ2n) is 5.94. The zero-order valence-electron chi connectivity index (χ0n) is 13.4. The van der Waals surface area contributed by atoms with Gasteiger partial charge >= 0.3 is 0 Å². The number of aryl methyl sites for hydroxylation is 2. The lowest BCUT2D eigenvalue weighted by Crippen LogP contribution is -2.36. The van der Waals surface area contributed by atoms with Crippen molar-refractivity contribution in [3.05, 3.63) is 29.4 Å². The maximum Gasteiger partial charge on any atom is 0.270 e. The van der Waals surface area contributed by atoms with Gasteiger partial charge in [0.25, 0.3) is 5.91 Å². The van der Waals surface area contributed by atoms with Gasteiger partial charge in [-0.15, -0.1) is 0 Å². The highest BCUT2D eigenvalue weighted by atomic mass is 16.5. The van der Waals surface area contributed by atoms with Crippen LogP contribution in [-0.2, 0) is 0 Å². The average molecular weight is 315 g/mol. The Bertz CT molecular complexity index is 692. The van der Waals surface area contributed by atoms with E-state index < -0.39 is 0 Å². The molecular weight excluding hydrogens is 294 g/mol. The fourth-order valence-electron chi connectivity index (χ4n) is 2.81. The zero-order chi connectivity index (χ0) is 16.2. The maximum absolute atomic E-state index is 12.4. The first kappa shape index (κ1) is 15.5. The summed E-state index contributed by atoms with van der Waals surface area (Å²) in [5, 5.41) is 9.96. The van der Waals surface area contributed by atoms with E-state index in [4.69, 9.17) is 4.52 Å². The van der Waals surface area contributed by atoms with Gasteiger partial charge in [-0.3, -0.25) is 4.79 Å². The number of hydrogen-bond donors (Lipinski definition) is 2. The predicted octanol–water partition coefficient (Wildman–Crippen LogP) is 2.89. The number of aromatic nitrogens is 3. The Balaban J connectivity index is 1.72. The highest BCUT2D eigenvalue weighted by Crippen LogP contribution is 2.19. The topological polar surface area (TPSA) is 92.9 Å². The lowest BCUT2D eigenvalue weighted by molar-refractivity contribution is 0.0922. The Kier molecular flexibility index (Phi) is 4.55. The van der Waals surface area contributed by atoms with E-state index in [1.54, 1.807) is 19.1 Å². The number of amides is 1. The lowest BCUT2D eigenvalue weighted by atomic mass is 9.95. The summed E-state index contributed by atoms with van der Waals surface area (Å²) in [4.78, 5) is 20.9. The van der Waals surface area contributed by atoms with Crippen LogP contribution in [0, 0.1) is 13.8 Å². The molecule has 2 aromatic heterocycles. The number of carbonyl (C=O) groups excluding carboxylic acids is 1. The van der Waals surface area contributed by atoms with Crippen molar-refractivity contribution >= 4 is 17.5 Å². The van der Waals surface area contributed by atoms with Crippen molar-refractivity contribution in [1.82, 2.24) is 20.4 Å². The van der Waals surface area contributed by atoms with Crippen molar-refractivity contribution in [2.45, 2.75) is 52.0 Å². The predicted molar refractivity (Wildman–Crippen MR) is 85.6 cm³/mol.